The number of aryl methyl sites for hydroxylation is 1. The van der Waals surface area contributed by atoms with E-state index in [9.17, 15) is 14.4 Å². The minimum absolute atomic E-state index is 0.197. The van der Waals surface area contributed by atoms with Crippen molar-refractivity contribution in [3.8, 4) is 0 Å². The summed E-state index contributed by atoms with van der Waals surface area (Å²) in [6, 6.07) is 7.43. The van der Waals surface area contributed by atoms with Crippen molar-refractivity contribution in [2.75, 3.05) is 18.9 Å². The van der Waals surface area contributed by atoms with Gasteiger partial charge in [0.2, 0.25) is 12.3 Å². The summed E-state index contributed by atoms with van der Waals surface area (Å²) in [4.78, 5) is 31.4. The van der Waals surface area contributed by atoms with Crippen LogP contribution in [0, 0.1) is 6.92 Å². The van der Waals surface area contributed by atoms with Gasteiger partial charge in [-0.05, 0) is 25.5 Å². The molecule has 1 rings (SSSR count). The number of carbonyl (C=O) groups excluding carboxylic acids is 2. The molecule has 0 aliphatic heterocycles. The normalized spacial score (nSPS) is 10.6. The van der Waals surface area contributed by atoms with Crippen LogP contribution < -0.4 is 16.0 Å². The Bertz CT molecular complexity index is 489. The van der Waals surface area contributed by atoms with Crippen molar-refractivity contribution in [2.24, 2.45) is 0 Å². The molecule has 0 saturated heterocycles. The van der Waals surface area contributed by atoms with E-state index in [1.807, 2.05) is 14.0 Å². The van der Waals surface area contributed by atoms with Crippen molar-refractivity contribution in [1.82, 2.24) is 10.6 Å². The van der Waals surface area contributed by atoms with Crippen LogP contribution in [0.5, 0.6) is 0 Å². The maximum absolute atomic E-state index is 11.0. The minimum atomic E-state index is -1.06. The maximum atomic E-state index is 11.0. The zero-order valence-electron chi connectivity index (χ0n) is 13.8. The summed E-state index contributed by atoms with van der Waals surface area (Å²) in [6.07, 6.45) is 1.43. The Morgan fingerprint density at radius 2 is 1.87 bits per heavy atom. The molecule has 7 heteroatoms. The van der Waals surface area contributed by atoms with Gasteiger partial charge in [0.1, 0.15) is 6.04 Å². The number of nitrogens with one attached hydrogen (secondary N) is 3. The van der Waals surface area contributed by atoms with Crippen molar-refractivity contribution < 1.29 is 19.5 Å². The van der Waals surface area contributed by atoms with E-state index < -0.39 is 17.9 Å². The smallest absolute Gasteiger partial charge is 0.326 e. The third kappa shape index (κ3) is 9.89. The first-order valence-corrected chi connectivity index (χ1v) is 7.38. The first-order chi connectivity index (χ1) is 10.9. The number of anilines is 1. The number of aliphatic carboxylic acids is 1. The van der Waals surface area contributed by atoms with E-state index in [1.165, 1.54) is 11.3 Å². The summed E-state index contributed by atoms with van der Waals surface area (Å²) in [5, 5.41) is 16.2. The molecule has 1 aromatic carbocycles. The molecule has 0 heterocycles. The van der Waals surface area contributed by atoms with Crippen LogP contribution in [0.2, 0.25) is 0 Å². The lowest BCUT2D eigenvalue weighted by molar-refractivity contribution is -0.141. The van der Waals surface area contributed by atoms with Gasteiger partial charge in [-0.25, -0.2) is 4.79 Å². The fraction of sp³-hybridized carbons (Fsp3) is 0.438. The van der Waals surface area contributed by atoms with Crippen LogP contribution in [0.4, 0.5) is 5.69 Å². The highest BCUT2D eigenvalue weighted by atomic mass is 16.4. The lowest BCUT2D eigenvalue weighted by atomic mass is 10.2. The summed E-state index contributed by atoms with van der Waals surface area (Å²) < 4.78 is 0. The molecule has 1 aromatic rings. The van der Waals surface area contributed by atoms with Crippen LogP contribution in [-0.4, -0.2) is 43.0 Å². The lowest BCUT2D eigenvalue weighted by Crippen LogP contribution is -2.44. The van der Waals surface area contributed by atoms with Gasteiger partial charge in [0, 0.05) is 12.7 Å². The molecule has 0 aliphatic rings. The number of rotatable bonds is 8. The number of benzene rings is 1. The quantitative estimate of drug-likeness (QED) is 0.537. The molecular formula is C16H25N3O4. The fourth-order valence-electron chi connectivity index (χ4n) is 1.65. The first-order valence-electron chi connectivity index (χ1n) is 7.38. The van der Waals surface area contributed by atoms with Gasteiger partial charge in [-0.2, -0.15) is 0 Å². The summed E-state index contributed by atoms with van der Waals surface area (Å²) >= 11 is 0. The molecule has 0 aromatic heterocycles. The molecule has 4 N–H and O–H groups in total. The standard InChI is InChI=1S/C8H14N2O4.C8H11N/c1-2-3-6(8(13)14)10-7(12)4-9-5-11;1-7-3-5-8(9-2)6-4-7/h5-6H,2-4H2,1H3,(H,9,11)(H,10,12)(H,13,14);3-6,9H,1-2H3. The van der Waals surface area contributed by atoms with Crippen molar-refractivity contribution in [3.63, 3.8) is 0 Å². The van der Waals surface area contributed by atoms with Gasteiger partial charge >= 0.3 is 5.97 Å². The van der Waals surface area contributed by atoms with Gasteiger partial charge < -0.3 is 21.1 Å². The van der Waals surface area contributed by atoms with Crippen LogP contribution in [0.15, 0.2) is 24.3 Å². The molecule has 1 atom stereocenters. The Morgan fingerprint density at radius 1 is 1.26 bits per heavy atom. The second-order valence-corrected chi connectivity index (χ2v) is 4.86. The molecule has 1 unspecified atom stereocenters. The van der Waals surface area contributed by atoms with E-state index in [-0.39, 0.29) is 6.54 Å². The number of hydrogen-bond donors (Lipinski definition) is 4. The summed E-state index contributed by atoms with van der Waals surface area (Å²) in [5.74, 6) is -1.57. The Hall–Kier alpha value is -2.57. The second-order valence-electron chi connectivity index (χ2n) is 4.86. The Morgan fingerprint density at radius 3 is 2.30 bits per heavy atom. The van der Waals surface area contributed by atoms with E-state index in [4.69, 9.17) is 5.11 Å². The molecule has 23 heavy (non-hydrogen) atoms. The highest BCUT2D eigenvalue weighted by Gasteiger charge is 2.17. The molecule has 0 bridgehead atoms. The van der Waals surface area contributed by atoms with Crippen LogP contribution in [-0.2, 0) is 14.4 Å². The van der Waals surface area contributed by atoms with Crippen molar-refractivity contribution >= 4 is 24.0 Å². The van der Waals surface area contributed by atoms with Gasteiger partial charge in [-0.15, -0.1) is 0 Å². The van der Waals surface area contributed by atoms with E-state index in [1.54, 1.807) is 0 Å². The molecule has 0 fully saturated rings. The molecule has 0 spiro atoms. The number of hydrogen-bond acceptors (Lipinski definition) is 4. The van der Waals surface area contributed by atoms with Crippen molar-refractivity contribution in [3.05, 3.63) is 29.8 Å². The van der Waals surface area contributed by atoms with Crippen molar-refractivity contribution in [1.29, 1.82) is 0 Å². The Labute approximate surface area is 136 Å². The Balaban J connectivity index is 0.000000459. The predicted molar refractivity (Wildman–Crippen MR) is 89.3 cm³/mol. The van der Waals surface area contributed by atoms with E-state index in [0.717, 1.165) is 0 Å². The molecule has 128 valence electrons. The molecule has 7 nitrogen and oxygen atoms in total. The molecular weight excluding hydrogens is 298 g/mol. The largest absolute Gasteiger partial charge is 0.480 e. The average Bonchev–Trinajstić information content (AvgIpc) is 2.53. The van der Waals surface area contributed by atoms with Gasteiger partial charge in [-0.1, -0.05) is 31.0 Å². The molecule has 0 saturated carbocycles. The predicted octanol–water partition coefficient (Wildman–Crippen LogP) is 1.14. The lowest BCUT2D eigenvalue weighted by Gasteiger charge is -2.12. The minimum Gasteiger partial charge on any atom is -0.480 e. The van der Waals surface area contributed by atoms with E-state index in [2.05, 4.69) is 47.1 Å². The van der Waals surface area contributed by atoms with Gasteiger partial charge in [-0.3, -0.25) is 9.59 Å². The maximum Gasteiger partial charge on any atom is 0.326 e. The number of carboxylic acid groups (broad SMARTS) is 1. The van der Waals surface area contributed by atoms with E-state index in [0.29, 0.717) is 19.3 Å². The highest BCUT2D eigenvalue weighted by molar-refractivity contribution is 5.85. The Kier molecular flexibility index (Phi) is 10.7. The number of carbonyl (C=O) groups is 3. The SMILES string of the molecule is CCCC(NC(=O)CNC=O)C(=O)O.CNc1ccc(C)cc1. The van der Waals surface area contributed by atoms with Crippen LogP contribution >= 0.6 is 0 Å². The molecule has 0 aliphatic carbocycles. The number of carboxylic acids is 1. The first kappa shape index (κ1) is 20.4. The number of amides is 2. The fourth-order valence-corrected chi connectivity index (χ4v) is 1.65. The monoisotopic (exact) mass is 323 g/mol. The highest BCUT2D eigenvalue weighted by Crippen LogP contribution is 2.06. The van der Waals surface area contributed by atoms with Crippen LogP contribution in [0.25, 0.3) is 0 Å². The van der Waals surface area contributed by atoms with Gasteiger partial charge in [0.15, 0.2) is 0 Å². The van der Waals surface area contributed by atoms with Crippen molar-refractivity contribution in [2.45, 2.75) is 32.7 Å². The molecule has 2 amide bonds. The summed E-state index contributed by atoms with van der Waals surface area (Å²) in [5.41, 5.74) is 2.47. The second kappa shape index (κ2) is 12.0. The molecule has 0 radical (unpaired) electrons. The zero-order chi connectivity index (χ0) is 17.7. The van der Waals surface area contributed by atoms with Gasteiger partial charge in [0.25, 0.3) is 0 Å². The third-order valence-corrected chi connectivity index (χ3v) is 2.90. The summed E-state index contributed by atoms with van der Waals surface area (Å²) in [7, 11) is 1.92. The van der Waals surface area contributed by atoms with Gasteiger partial charge in [0.05, 0.1) is 6.54 Å². The van der Waals surface area contributed by atoms with Crippen LogP contribution in [0.3, 0.4) is 0 Å². The summed E-state index contributed by atoms with van der Waals surface area (Å²) in [6.45, 7) is 3.71. The zero-order valence-corrected chi connectivity index (χ0v) is 13.8. The third-order valence-electron chi connectivity index (χ3n) is 2.90. The van der Waals surface area contributed by atoms with E-state index >= 15 is 0 Å². The topological polar surface area (TPSA) is 108 Å². The van der Waals surface area contributed by atoms with Crippen LogP contribution in [0.1, 0.15) is 25.3 Å². The average molecular weight is 323 g/mol.